The van der Waals surface area contributed by atoms with E-state index in [4.69, 9.17) is 0 Å². The number of carbonyl (C=O) groups is 1. The highest BCUT2D eigenvalue weighted by atomic mass is 79.9. The minimum absolute atomic E-state index is 0.168. The van der Waals surface area contributed by atoms with Crippen LogP contribution in [0.25, 0.3) is 0 Å². The summed E-state index contributed by atoms with van der Waals surface area (Å²) < 4.78 is 0.896. The van der Waals surface area contributed by atoms with Crippen molar-refractivity contribution in [2.24, 2.45) is 5.41 Å². The molecule has 2 saturated heterocycles. The Kier molecular flexibility index (Phi) is 4.13. The zero-order valence-electron chi connectivity index (χ0n) is 11.7. The van der Waals surface area contributed by atoms with Gasteiger partial charge in [-0.2, -0.15) is 0 Å². The number of halogens is 1. The van der Waals surface area contributed by atoms with Gasteiger partial charge in [0.2, 0.25) is 0 Å². The van der Waals surface area contributed by atoms with Gasteiger partial charge in [0.1, 0.15) is 0 Å². The first-order valence-corrected chi connectivity index (χ1v) is 8.24. The molecule has 1 aromatic carbocycles. The number of nitrogens with one attached hydrogen (secondary N) is 1. The molecular weight excluding hydrogens is 316 g/mol. The second-order valence-corrected chi connectivity index (χ2v) is 6.88. The first-order valence-electron chi connectivity index (χ1n) is 7.45. The van der Waals surface area contributed by atoms with E-state index in [1.807, 2.05) is 29.2 Å². The molecule has 0 saturated carbocycles. The molecule has 20 heavy (non-hydrogen) atoms. The smallest absolute Gasteiger partial charge is 0.254 e. The van der Waals surface area contributed by atoms with E-state index in [9.17, 15) is 4.79 Å². The molecule has 1 N–H and O–H groups in total. The van der Waals surface area contributed by atoms with Crippen molar-refractivity contribution in [3.8, 4) is 0 Å². The zero-order valence-corrected chi connectivity index (χ0v) is 13.3. The Labute approximate surface area is 128 Å². The fourth-order valence-electron chi connectivity index (χ4n) is 3.45. The summed E-state index contributed by atoms with van der Waals surface area (Å²) in [5, 5.41) is 3.44. The minimum atomic E-state index is 0.168. The van der Waals surface area contributed by atoms with Crippen LogP contribution in [0, 0.1) is 5.41 Å². The zero-order chi connectivity index (χ0) is 14.0. The Morgan fingerprint density at radius 2 is 1.75 bits per heavy atom. The molecule has 4 heteroatoms. The Morgan fingerprint density at radius 3 is 2.40 bits per heavy atom. The topological polar surface area (TPSA) is 32.3 Å². The van der Waals surface area contributed by atoms with E-state index in [2.05, 4.69) is 21.2 Å². The van der Waals surface area contributed by atoms with E-state index < -0.39 is 0 Å². The molecule has 0 atom stereocenters. The van der Waals surface area contributed by atoms with Crippen molar-refractivity contribution in [2.45, 2.75) is 25.7 Å². The summed E-state index contributed by atoms with van der Waals surface area (Å²) in [4.78, 5) is 14.6. The monoisotopic (exact) mass is 336 g/mol. The Hall–Kier alpha value is -0.870. The van der Waals surface area contributed by atoms with Crippen LogP contribution in [0.5, 0.6) is 0 Å². The van der Waals surface area contributed by atoms with Gasteiger partial charge in [-0.15, -0.1) is 0 Å². The summed E-state index contributed by atoms with van der Waals surface area (Å²) >= 11 is 3.48. The Morgan fingerprint density at radius 1 is 1.10 bits per heavy atom. The molecule has 0 bridgehead atoms. The first-order chi connectivity index (χ1) is 9.70. The number of carbonyl (C=O) groups excluding carboxylic acids is 1. The standard InChI is InChI=1S/C16H21BrN2O/c17-14-4-2-1-3-13(14)15(20)19-11-7-16(8-12-19)5-9-18-10-6-16/h1-4,18H,5-12H2. The molecule has 0 radical (unpaired) electrons. The van der Waals surface area contributed by atoms with Crippen LogP contribution >= 0.6 is 15.9 Å². The van der Waals surface area contributed by atoms with Crippen molar-refractivity contribution in [1.82, 2.24) is 10.2 Å². The van der Waals surface area contributed by atoms with E-state index >= 15 is 0 Å². The van der Waals surface area contributed by atoms with Crippen LogP contribution in [0.2, 0.25) is 0 Å². The average molecular weight is 337 g/mol. The lowest BCUT2D eigenvalue weighted by Crippen LogP contribution is -2.47. The van der Waals surface area contributed by atoms with Crippen molar-refractivity contribution >= 4 is 21.8 Å². The molecule has 0 aromatic heterocycles. The summed E-state index contributed by atoms with van der Waals surface area (Å²) in [5.74, 6) is 0.168. The summed E-state index contributed by atoms with van der Waals surface area (Å²) in [5.41, 5.74) is 1.28. The highest BCUT2D eigenvalue weighted by Gasteiger charge is 2.36. The summed E-state index contributed by atoms with van der Waals surface area (Å²) in [6, 6.07) is 7.71. The van der Waals surface area contributed by atoms with Crippen LogP contribution in [0.3, 0.4) is 0 Å². The quantitative estimate of drug-likeness (QED) is 0.854. The Bertz CT molecular complexity index is 487. The second kappa shape index (κ2) is 5.86. The van der Waals surface area contributed by atoms with Gasteiger partial charge in [-0.25, -0.2) is 0 Å². The fourth-order valence-corrected chi connectivity index (χ4v) is 3.90. The van der Waals surface area contributed by atoms with E-state index in [1.54, 1.807) is 0 Å². The first kappa shape index (κ1) is 14.1. The van der Waals surface area contributed by atoms with Gasteiger partial charge in [-0.05, 0) is 72.3 Å². The Balaban J connectivity index is 1.66. The maximum absolute atomic E-state index is 12.6. The van der Waals surface area contributed by atoms with Crippen molar-refractivity contribution in [2.75, 3.05) is 26.2 Å². The molecule has 2 heterocycles. The average Bonchev–Trinajstić information content (AvgIpc) is 2.49. The third-order valence-corrected chi connectivity index (χ3v) is 5.57. The SMILES string of the molecule is O=C(c1ccccc1Br)N1CCC2(CCNCC2)CC1. The maximum atomic E-state index is 12.6. The fraction of sp³-hybridized carbons (Fsp3) is 0.562. The third-order valence-electron chi connectivity index (χ3n) is 4.88. The number of rotatable bonds is 1. The molecule has 1 amide bonds. The molecular formula is C16H21BrN2O. The molecule has 0 aliphatic carbocycles. The largest absolute Gasteiger partial charge is 0.339 e. The predicted octanol–water partition coefficient (Wildman–Crippen LogP) is 3.05. The summed E-state index contributed by atoms with van der Waals surface area (Å²) in [6.07, 6.45) is 4.85. The number of nitrogens with zero attached hydrogens (tertiary/aromatic N) is 1. The predicted molar refractivity (Wildman–Crippen MR) is 83.8 cm³/mol. The van der Waals surface area contributed by atoms with Crippen LogP contribution in [0.1, 0.15) is 36.0 Å². The van der Waals surface area contributed by atoms with Crippen molar-refractivity contribution in [3.63, 3.8) is 0 Å². The molecule has 1 aromatic rings. The molecule has 3 rings (SSSR count). The van der Waals surface area contributed by atoms with E-state index in [0.717, 1.165) is 49.1 Å². The number of amides is 1. The number of hydrogen-bond acceptors (Lipinski definition) is 2. The highest BCUT2D eigenvalue weighted by Crippen LogP contribution is 2.39. The van der Waals surface area contributed by atoms with Crippen LogP contribution in [0.4, 0.5) is 0 Å². The summed E-state index contributed by atoms with van der Waals surface area (Å²) in [7, 11) is 0. The number of likely N-dealkylation sites (tertiary alicyclic amines) is 1. The van der Waals surface area contributed by atoms with Gasteiger partial charge >= 0.3 is 0 Å². The van der Waals surface area contributed by atoms with E-state index in [1.165, 1.54) is 12.8 Å². The third kappa shape index (κ3) is 2.77. The molecule has 0 unspecified atom stereocenters. The van der Waals surface area contributed by atoms with Gasteiger partial charge in [0.05, 0.1) is 5.56 Å². The molecule has 1 spiro atoms. The van der Waals surface area contributed by atoms with E-state index in [0.29, 0.717) is 5.41 Å². The lowest BCUT2D eigenvalue weighted by atomic mass is 9.71. The summed E-state index contributed by atoms with van der Waals surface area (Å²) in [6.45, 7) is 4.08. The van der Waals surface area contributed by atoms with Gasteiger partial charge < -0.3 is 10.2 Å². The van der Waals surface area contributed by atoms with Crippen LogP contribution in [-0.2, 0) is 0 Å². The molecule has 2 fully saturated rings. The number of benzene rings is 1. The van der Waals surface area contributed by atoms with Crippen LogP contribution in [-0.4, -0.2) is 37.0 Å². The normalized spacial score (nSPS) is 21.9. The highest BCUT2D eigenvalue weighted by molar-refractivity contribution is 9.10. The van der Waals surface area contributed by atoms with Gasteiger partial charge in [-0.3, -0.25) is 4.79 Å². The maximum Gasteiger partial charge on any atom is 0.254 e. The molecule has 3 nitrogen and oxygen atoms in total. The van der Waals surface area contributed by atoms with E-state index in [-0.39, 0.29) is 5.91 Å². The van der Waals surface area contributed by atoms with Gasteiger partial charge in [0, 0.05) is 17.6 Å². The minimum Gasteiger partial charge on any atom is -0.339 e. The van der Waals surface area contributed by atoms with Crippen molar-refractivity contribution in [1.29, 1.82) is 0 Å². The molecule has 108 valence electrons. The van der Waals surface area contributed by atoms with Gasteiger partial charge in [-0.1, -0.05) is 12.1 Å². The second-order valence-electron chi connectivity index (χ2n) is 6.02. The molecule has 2 aliphatic heterocycles. The lowest BCUT2D eigenvalue weighted by molar-refractivity contribution is 0.0495. The molecule has 2 aliphatic rings. The number of piperidine rings is 2. The van der Waals surface area contributed by atoms with Crippen molar-refractivity contribution in [3.05, 3.63) is 34.3 Å². The van der Waals surface area contributed by atoms with Crippen LogP contribution < -0.4 is 5.32 Å². The van der Waals surface area contributed by atoms with Crippen molar-refractivity contribution < 1.29 is 4.79 Å². The number of hydrogen-bond donors (Lipinski definition) is 1. The van der Waals surface area contributed by atoms with Crippen LogP contribution in [0.15, 0.2) is 28.7 Å². The lowest BCUT2D eigenvalue weighted by Gasteiger charge is -2.44. The van der Waals surface area contributed by atoms with Gasteiger partial charge in [0.25, 0.3) is 5.91 Å². The van der Waals surface area contributed by atoms with Gasteiger partial charge in [0.15, 0.2) is 0 Å².